The van der Waals surface area contributed by atoms with Crippen molar-refractivity contribution in [2.24, 2.45) is 0 Å². The van der Waals surface area contributed by atoms with E-state index in [9.17, 15) is 0 Å². The maximum atomic E-state index is 5.37. The van der Waals surface area contributed by atoms with E-state index >= 15 is 0 Å². The normalized spacial score (nSPS) is 12.7. The van der Waals surface area contributed by atoms with Gasteiger partial charge in [-0.3, -0.25) is 0 Å². The molecule has 0 saturated heterocycles. The minimum absolute atomic E-state index is 0.385. The average molecular weight is 350 g/mol. The Kier molecular flexibility index (Phi) is 7.44. The average Bonchev–Trinajstić information content (AvgIpc) is 2.31. The monoisotopic (exact) mass is 352 g/mol. The third-order valence-corrected chi connectivity index (χ3v) is 7.70. The molecule has 0 saturated carbocycles. The number of hydrogen-bond donors (Lipinski definition) is 0. The Balaban J connectivity index is 2.60. The quantitative estimate of drug-likeness (QED) is 0.536. The summed E-state index contributed by atoms with van der Waals surface area (Å²) in [6.07, 6.45) is 2.67. The molecule has 1 aromatic rings. The van der Waals surface area contributed by atoms with Gasteiger partial charge in [-0.15, -0.1) is 0 Å². The van der Waals surface area contributed by atoms with E-state index in [0.29, 0.717) is 34.9 Å². The fourth-order valence-corrected chi connectivity index (χ4v) is 6.23. The van der Waals surface area contributed by atoms with E-state index in [-0.39, 0.29) is 0 Å². The second-order valence-electron chi connectivity index (χ2n) is 3.57. The molecule has 0 aliphatic carbocycles. The molecule has 0 aliphatic rings. The summed E-state index contributed by atoms with van der Waals surface area (Å²) in [7, 11) is 1.80. The van der Waals surface area contributed by atoms with Crippen LogP contribution in [0.4, 0.5) is 0 Å². The van der Waals surface area contributed by atoms with E-state index in [1.54, 1.807) is 16.0 Å². The van der Waals surface area contributed by atoms with Crippen LogP contribution >= 0.6 is 0 Å². The molecule has 0 heterocycles. The second-order valence-corrected chi connectivity index (χ2v) is 8.77. The first-order chi connectivity index (χ1) is 7.77. The molecule has 0 aliphatic heterocycles. The summed E-state index contributed by atoms with van der Waals surface area (Å²) >= 11 is 1.11. The SMILES string of the molecule is CCCC[Se]c1ccccc1[Se]C(C)OC. The van der Waals surface area contributed by atoms with Gasteiger partial charge >= 0.3 is 112 Å². The van der Waals surface area contributed by atoms with Gasteiger partial charge < -0.3 is 0 Å². The molecule has 1 atom stereocenters. The van der Waals surface area contributed by atoms with E-state index in [1.807, 2.05) is 0 Å². The molecule has 0 amide bonds. The van der Waals surface area contributed by atoms with E-state index in [0.717, 1.165) is 0 Å². The van der Waals surface area contributed by atoms with Gasteiger partial charge in [-0.25, -0.2) is 0 Å². The van der Waals surface area contributed by atoms with Crippen LogP contribution in [-0.2, 0) is 4.74 Å². The summed E-state index contributed by atoms with van der Waals surface area (Å²) in [4.78, 5) is 0. The number of ether oxygens (including phenoxy) is 1. The molecule has 0 N–H and O–H groups in total. The third kappa shape index (κ3) is 5.03. The van der Waals surface area contributed by atoms with Crippen molar-refractivity contribution in [2.45, 2.75) is 37.0 Å². The van der Waals surface area contributed by atoms with Crippen molar-refractivity contribution in [3.8, 4) is 0 Å². The maximum absolute atomic E-state index is 5.37. The fourth-order valence-electron chi connectivity index (χ4n) is 1.22. The molecule has 0 spiro atoms. The molecule has 1 rings (SSSR count). The molecule has 1 nitrogen and oxygen atoms in total. The Bertz CT molecular complexity index is 302. The van der Waals surface area contributed by atoms with Gasteiger partial charge in [0.1, 0.15) is 0 Å². The summed E-state index contributed by atoms with van der Waals surface area (Å²) in [6.45, 7) is 4.43. The van der Waals surface area contributed by atoms with Gasteiger partial charge in [0, 0.05) is 0 Å². The molecule has 0 aromatic heterocycles. The van der Waals surface area contributed by atoms with Crippen molar-refractivity contribution in [3.05, 3.63) is 24.3 Å². The zero-order valence-electron chi connectivity index (χ0n) is 10.2. The standard InChI is InChI=1S/C13H20OSe2/c1-4-5-10-15-12-8-6-7-9-13(12)16-11(2)14-3/h6-9,11H,4-5,10H2,1-3H3. The van der Waals surface area contributed by atoms with Crippen LogP contribution in [0.15, 0.2) is 24.3 Å². The number of hydrogen-bond acceptors (Lipinski definition) is 1. The summed E-state index contributed by atoms with van der Waals surface area (Å²) in [5.74, 6) is 0. The van der Waals surface area contributed by atoms with Crippen molar-refractivity contribution in [1.29, 1.82) is 0 Å². The minimum atomic E-state index is 0.385. The molecular formula is C13H20OSe2. The van der Waals surface area contributed by atoms with Gasteiger partial charge in [0.25, 0.3) is 0 Å². The van der Waals surface area contributed by atoms with Gasteiger partial charge in [0.05, 0.1) is 0 Å². The first-order valence-corrected chi connectivity index (χ1v) is 9.60. The van der Waals surface area contributed by atoms with Crippen LogP contribution < -0.4 is 8.92 Å². The molecular weight excluding hydrogens is 330 g/mol. The fraction of sp³-hybridized carbons (Fsp3) is 0.538. The number of benzene rings is 1. The summed E-state index contributed by atoms with van der Waals surface area (Å²) in [5, 5.41) is 1.76. The van der Waals surface area contributed by atoms with Crippen molar-refractivity contribution in [2.75, 3.05) is 7.11 Å². The topological polar surface area (TPSA) is 9.23 Å². The van der Waals surface area contributed by atoms with Crippen LogP contribution in [0.25, 0.3) is 0 Å². The Labute approximate surface area is 112 Å². The van der Waals surface area contributed by atoms with Crippen molar-refractivity contribution < 1.29 is 4.74 Å². The predicted octanol–water partition coefficient (Wildman–Crippen LogP) is 1.56. The van der Waals surface area contributed by atoms with Crippen LogP contribution in [0.5, 0.6) is 0 Å². The Morgan fingerprint density at radius 2 is 1.94 bits per heavy atom. The Morgan fingerprint density at radius 3 is 2.56 bits per heavy atom. The summed E-state index contributed by atoms with van der Waals surface area (Å²) in [6, 6.07) is 8.90. The summed E-state index contributed by atoms with van der Waals surface area (Å²) in [5.41, 5.74) is 0. The van der Waals surface area contributed by atoms with Crippen molar-refractivity contribution in [1.82, 2.24) is 0 Å². The van der Waals surface area contributed by atoms with Crippen molar-refractivity contribution >= 4 is 38.8 Å². The molecule has 0 radical (unpaired) electrons. The first-order valence-electron chi connectivity index (χ1n) is 5.69. The molecule has 16 heavy (non-hydrogen) atoms. The van der Waals surface area contributed by atoms with Gasteiger partial charge in [-0.05, 0) is 0 Å². The van der Waals surface area contributed by atoms with Crippen LogP contribution in [0, 0.1) is 0 Å². The summed E-state index contributed by atoms with van der Waals surface area (Å²) < 4.78 is 8.50. The third-order valence-electron chi connectivity index (χ3n) is 2.23. The number of methoxy groups -OCH3 is 1. The molecule has 1 aromatic carbocycles. The first kappa shape index (κ1) is 14.3. The zero-order valence-corrected chi connectivity index (χ0v) is 13.7. The zero-order chi connectivity index (χ0) is 11.8. The van der Waals surface area contributed by atoms with Crippen LogP contribution in [0.3, 0.4) is 0 Å². The van der Waals surface area contributed by atoms with Crippen LogP contribution in [0.1, 0.15) is 26.7 Å². The van der Waals surface area contributed by atoms with Gasteiger partial charge in [-0.2, -0.15) is 0 Å². The molecule has 0 bridgehead atoms. The molecule has 0 fully saturated rings. The Hall–Kier alpha value is 0.219. The molecule has 3 heteroatoms. The van der Waals surface area contributed by atoms with E-state index in [2.05, 4.69) is 38.1 Å². The Morgan fingerprint density at radius 1 is 1.25 bits per heavy atom. The van der Waals surface area contributed by atoms with Crippen LogP contribution in [-0.4, -0.2) is 42.0 Å². The number of rotatable bonds is 7. The second kappa shape index (κ2) is 8.33. The van der Waals surface area contributed by atoms with Gasteiger partial charge in [0.15, 0.2) is 0 Å². The van der Waals surface area contributed by atoms with E-state index in [1.165, 1.54) is 18.2 Å². The van der Waals surface area contributed by atoms with E-state index < -0.39 is 0 Å². The van der Waals surface area contributed by atoms with Crippen molar-refractivity contribution in [3.63, 3.8) is 0 Å². The molecule has 90 valence electrons. The predicted molar refractivity (Wildman–Crippen MR) is 73.4 cm³/mol. The van der Waals surface area contributed by atoms with E-state index in [4.69, 9.17) is 4.74 Å². The molecule has 1 unspecified atom stereocenters. The van der Waals surface area contributed by atoms with Crippen LogP contribution in [0.2, 0.25) is 5.32 Å². The number of unbranched alkanes of at least 4 members (excludes halogenated alkanes) is 1. The van der Waals surface area contributed by atoms with Gasteiger partial charge in [-0.1, -0.05) is 0 Å². The van der Waals surface area contributed by atoms with Gasteiger partial charge in [0.2, 0.25) is 0 Å².